The first-order chi connectivity index (χ1) is 12.6. The Morgan fingerprint density at radius 1 is 0.846 bits per heavy atom. The maximum absolute atomic E-state index is 4.80. The van der Waals surface area contributed by atoms with Crippen molar-refractivity contribution in [1.82, 2.24) is 24.9 Å². The first-order valence-electron chi connectivity index (χ1n) is 8.91. The normalized spacial score (nSPS) is 12.8. The molecule has 0 N–H and O–H groups in total. The highest BCUT2D eigenvalue weighted by atomic mass is 14.9. The van der Waals surface area contributed by atoms with E-state index in [1.165, 1.54) is 11.1 Å². The lowest BCUT2D eigenvalue weighted by Crippen LogP contribution is -2.03. The highest BCUT2D eigenvalue weighted by Crippen LogP contribution is 2.24. The molecule has 0 saturated carbocycles. The maximum atomic E-state index is 4.80. The molecule has 3 heterocycles. The molecule has 5 nitrogen and oxygen atoms in total. The third-order valence-corrected chi connectivity index (χ3v) is 4.75. The van der Waals surface area contributed by atoms with E-state index in [4.69, 9.17) is 4.98 Å². The third-order valence-electron chi connectivity index (χ3n) is 4.75. The summed E-state index contributed by atoms with van der Waals surface area (Å²) in [6, 6.07) is 8.44. The molecule has 1 unspecified atom stereocenters. The van der Waals surface area contributed by atoms with Crippen LogP contribution in [-0.4, -0.2) is 24.9 Å². The van der Waals surface area contributed by atoms with Crippen LogP contribution < -0.4 is 0 Å². The summed E-state index contributed by atoms with van der Waals surface area (Å²) in [4.78, 5) is 22.1. The lowest BCUT2D eigenvalue weighted by Gasteiger charge is -2.13. The molecule has 0 aliphatic rings. The van der Waals surface area contributed by atoms with Gasteiger partial charge in [0.2, 0.25) is 0 Å². The molecule has 26 heavy (non-hydrogen) atoms. The molecule has 5 heteroatoms. The van der Waals surface area contributed by atoms with Crippen molar-refractivity contribution in [2.45, 2.75) is 39.0 Å². The molecule has 0 fully saturated rings. The SMILES string of the molecule is CC(C)c1cnc2ncc(CC(C)c3ccc4ncncc4c3)nc2c1. The summed E-state index contributed by atoms with van der Waals surface area (Å²) in [6.07, 6.45) is 7.99. The molecule has 0 aliphatic carbocycles. The predicted octanol–water partition coefficient (Wildman–Crippen LogP) is 4.44. The van der Waals surface area contributed by atoms with E-state index < -0.39 is 0 Å². The zero-order valence-corrected chi connectivity index (χ0v) is 15.2. The van der Waals surface area contributed by atoms with Gasteiger partial charge >= 0.3 is 0 Å². The topological polar surface area (TPSA) is 64.5 Å². The van der Waals surface area contributed by atoms with Gasteiger partial charge in [-0.05, 0) is 47.6 Å². The highest BCUT2D eigenvalue weighted by molar-refractivity contribution is 5.78. The Kier molecular flexibility index (Phi) is 4.29. The van der Waals surface area contributed by atoms with Crippen molar-refractivity contribution in [3.05, 3.63) is 66.0 Å². The monoisotopic (exact) mass is 343 g/mol. The number of hydrogen-bond donors (Lipinski definition) is 0. The average Bonchev–Trinajstić information content (AvgIpc) is 2.67. The Bertz CT molecular complexity index is 1070. The van der Waals surface area contributed by atoms with Crippen molar-refractivity contribution in [1.29, 1.82) is 0 Å². The van der Waals surface area contributed by atoms with Crippen LogP contribution in [0.25, 0.3) is 22.1 Å². The average molecular weight is 343 g/mol. The van der Waals surface area contributed by atoms with Gasteiger partial charge in [0.25, 0.3) is 0 Å². The Morgan fingerprint density at radius 2 is 1.69 bits per heavy atom. The van der Waals surface area contributed by atoms with E-state index >= 15 is 0 Å². The second-order valence-electron chi connectivity index (χ2n) is 7.07. The Balaban J connectivity index is 1.62. The number of fused-ring (bicyclic) bond motifs is 2. The third kappa shape index (κ3) is 3.25. The van der Waals surface area contributed by atoms with Gasteiger partial charge in [-0.3, -0.25) is 0 Å². The molecule has 130 valence electrons. The second kappa shape index (κ2) is 6.75. The summed E-state index contributed by atoms with van der Waals surface area (Å²) >= 11 is 0. The number of benzene rings is 1. The number of hydrogen-bond acceptors (Lipinski definition) is 5. The molecule has 0 saturated heterocycles. The molecular weight excluding hydrogens is 322 g/mol. The molecule has 0 bridgehead atoms. The van der Waals surface area contributed by atoms with Crippen molar-refractivity contribution in [3.8, 4) is 0 Å². The molecule has 1 atom stereocenters. The van der Waals surface area contributed by atoms with E-state index in [2.05, 4.69) is 58.9 Å². The minimum Gasteiger partial charge on any atom is -0.248 e. The zero-order valence-electron chi connectivity index (χ0n) is 15.2. The second-order valence-corrected chi connectivity index (χ2v) is 7.07. The predicted molar refractivity (Wildman–Crippen MR) is 103 cm³/mol. The van der Waals surface area contributed by atoms with Gasteiger partial charge in [0, 0.05) is 17.8 Å². The first kappa shape index (κ1) is 16.5. The van der Waals surface area contributed by atoms with Gasteiger partial charge < -0.3 is 0 Å². The van der Waals surface area contributed by atoms with Crippen LogP contribution in [0.1, 0.15) is 49.4 Å². The van der Waals surface area contributed by atoms with Crippen LogP contribution >= 0.6 is 0 Å². The van der Waals surface area contributed by atoms with Crippen LogP contribution in [0.4, 0.5) is 0 Å². The number of pyridine rings is 1. The molecule has 0 amide bonds. The fourth-order valence-electron chi connectivity index (χ4n) is 3.12. The van der Waals surface area contributed by atoms with Crippen molar-refractivity contribution in [2.75, 3.05) is 0 Å². The van der Waals surface area contributed by atoms with Gasteiger partial charge in [-0.1, -0.05) is 26.8 Å². The first-order valence-corrected chi connectivity index (χ1v) is 8.91. The van der Waals surface area contributed by atoms with Crippen molar-refractivity contribution in [3.63, 3.8) is 0 Å². The van der Waals surface area contributed by atoms with Gasteiger partial charge in [-0.15, -0.1) is 0 Å². The van der Waals surface area contributed by atoms with Crippen molar-refractivity contribution in [2.24, 2.45) is 0 Å². The van der Waals surface area contributed by atoms with E-state index in [9.17, 15) is 0 Å². The summed E-state index contributed by atoms with van der Waals surface area (Å²) in [5.74, 6) is 0.753. The Labute approximate surface area is 152 Å². The maximum Gasteiger partial charge on any atom is 0.178 e. The minimum atomic E-state index is 0.326. The van der Waals surface area contributed by atoms with E-state index in [1.807, 2.05) is 24.7 Å². The van der Waals surface area contributed by atoms with Gasteiger partial charge in [0.05, 0.1) is 17.4 Å². The van der Waals surface area contributed by atoms with E-state index in [-0.39, 0.29) is 0 Å². The fourth-order valence-corrected chi connectivity index (χ4v) is 3.12. The minimum absolute atomic E-state index is 0.326. The molecule has 0 spiro atoms. The highest BCUT2D eigenvalue weighted by Gasteiger charge is 2.11. The van der Waals surface area contributed by atoms with Gasteiger partial charge in [0.1, 0.15) is 11.8 Å². The largest absolute Gasteiger partial charge is 0.248 e. The molecule has 4 rings (SSSR count). The van der Waals surface area contributed by atoms with Crippen LogP contribution in [0.15, 0.2) is 49.2 Å². The lowest BCUT2D eigenvalue weighted by atomic mass is 9.95. The zero-order chi connectivity index (χ0) is 18.1. The van der Waals surface area contributed by atoms with E-state index in [1.54, 1.807) is 6.33 Å². The van der Waals surface area contributed by atoms with Gasteiger partial charge in [0.15, 0.2) is 5.65 Å². The Hall–Kier alpha value is -2.95. The lowest BCUT2D eigenvalue weighted by molar-refractivity contribution is 0.741. The summed E-state index contributed by atoms with van der Waals surface area (Å²) in [5.41, 5.74) is 5.96. The van der Waals surface area contributed by atoms with Crippen LogP contribution in [-0.2, 0) is 6.42 Å². The standard InChI is InChI=1S/C21H21N5/c1-13(2)16-8-20-21(23-10-16)24-11-18(26-20)6-14(3)15-4-5-19-17(7-15)9-22-12-25-19/h4-5,7-14H,6H2,1-3H3. The number of nitrogens with zero attached hydrogens (tertiary/aromatic N) is 5. The Morgan fingerprint density at radius 3 is 2.54 bits per heavy atom. The number of rotatable bonds is 4. The summed E-state index contributed by atoms with van der Waals surface area (Å²) in [7, 11) is 0. The van der Waals surface area contributed by atoms with Crippen molar-refractivity contribution < 1.29 is 0 Å². The van der Waals surface area contributed by atoms with Crippen LogP contribution in [0.3, 0.4) is 0 Å². The molecule has 0 radical (unpaired) electrons. The molecular formula is C21H21N5. The van der Waals surface area contributed by atoms with E-state index in [0.29, 0.717) is 17.5 Å². The van der Waals surface area contributed by atoms with E-state index in [0.717, 1.165) is 28.5 Å². The summed E-state index contributed by atoms with van der Waals surface area (Å²) < 4.78 is 0. The van der Waals surface area contributed by atoms with Crippen LogP contribution in [0.2, 0.25) is 0 Å². The smallest absolute Gasteiger partial charge is 0.178 e. The quantitative estimate of drug-likeness (QED) is 0.548. The van der Waals surface area contributed by atoms with Crippen LogP contribution in [0.5, 0.6) is 0 Å². The molecule has 4 aromatic rings. The number of aromatic nitrogens is 5. The molecule has 1 aromatic carbocycles. The summed E-state index contributed by atoms with van der Waals surface area (Å²) in [5, 5.41) is 1.06. The van der Waals surface area contributed by atoms with Crippen molar-refractivity contribution >= 4 is 22.1 Å². The van der Waals surface area contributed by atoms with Gasteiger partial charge in [-0.25, -0.2) is 24.9 Å². The van der Waals surface area contributed by atoms with Gasteiger partial charge in [-0.2, -0.15) is 0 Å². The van der Waals surface area contributed by atoms with Crippen LogP contribution in [0, 0.1) is 0 Å². The molecule has 3 aromatic heterocycles. The summed E-state index contributed by atoms with van der Waals surface area (Å²) in [6.45, 7) is 6.52. The fraction of sp³-hybridized carbons (Fsp3) is 0.286. The molecule has 0 aliphatic heterocycles.